The van der Waals surface area contributed by atoms with Gasteiger partial charge in [0.25, 0.3) is 0 Å². The standard InChI is InChI=1S/C18H24FN3O/c1-2-4-17-20-18(23-21-17)13-22-9-7-14(8-10-22)11-15-5-3-6-16(19)12-15/h3,5-6,12,14H,2,4,7-11,13H2,1H3. The zero-order chi connectivity index (χ0) is 16.1. The average molecular weight is 317 g/mol. The highest BCUT2D eigenvalue weighted by Gasteiger charge is 2.21. The highest BCUT2D eigenvalue weighted by Crippen LogP contribution is 2.23. The second-order valence-corrected chi connectivity index (χ2v) is 6.41. The summed E-state index contributed by atoms with van der Waals surface area (Å²) in [6.45, 7) is 4.92. The minimum atomic E-state index is -0.140. The average Bonchev–Trinajstić information content (AvgIpc) is 2.97. The zero-order valence-electron chi connectivity index (χ0n) is 13.7. The minimum Gasteiger partial charge on any atom is -0.338 e. The lowest BCUT2D eigenvalue weighted by Crippen LogP contribution is -2.34. The highest BCUT2D eigenvalue weighted by molar-refractivity contribution is 5.17. The predicted octanol–water partition coefficient (Wildman–Crippen LogP) is 3.62. The van der Waals surface area contributed by atoms with Crippen molar-refractivity contribution in [3.63, 3.8) is 0 Å². The van der Waals surface area contributed by atoms with Gasteiger partial charge in [0.1, 0.15) is 5.82 Å². The summed E-state index contributed by atoms with van der Waals surface area (Å²) in [5.41, 5.74) is 1.10. The first-order valence-electron chi connectivity index (χ1n) is 8.51. The zero-order valence-corrected chi connectivity index (χ0v) is 13.7. The molecule has 0 saturated carbocycles. The number of piperidine rings is 1. The van der Waals surface area contributed by atoms with Crippen LogP contribution in [0, 0.1) is 11.7 Å². The van der Waals surface area contributed by atoms with Crippen molar-refractivity contribution in [2.24, 2.45) is 5.92 Å². The van der Waals surface area contributed by atoms with E-state index in [1.165, 1.54) is 6.07 Å². The third-order valence-electron chi connectivity index (χ3n) is 4.46. The number of hydrogen-bond acceptors (Lipinski definition) is 4. The van der Waals surface area contributed by atoms with E-state index in [-0.39, 0.29) is 5.82 Å². The molecule has 1 aliphatic rings. The fourth-order valence-corrected chi connectivity index (χ4v) is 3.22. The summed E-state index contributed by atoms with van der Waals surface area (Å²) in [5, 5.41) is 4.00. The van der Waals surface area contributed by atoms with Crippen molar-refractivity contribution in [2.75, 3.05) is 13.1 Å². The summed E-state index contributed by atoms with van der Waals surface area (Å²) in [4.78, 5) is 6.80. The van der Waals surface area contributed by atoms with Crippen LogP contribution in [-0.2, 0) is 19.4 Å². The van der Waals surface area contributed by atoms with Crippen LogP contribution >= 0.6 is 0 Å². The Labute approximate surface area is 136 Å². The van der Waals surface area contributed by atoms with Crippen molar-refractivity contribution in [3.8, 4) is 0 Å². The van der Waals surface area contributed by atoms with Crippen LogP contribution in [0.25, 0.3) is 0 Å². The Hall–Kier alpha value is -1.75. The number of aryl methyl sites for hydroxylation is 1. The molecule has 124 valence electrons. The van der Waals surface area contributed by atoms with Crippen LogP contribution in [0.15, 0.2) is 28.8 Å². The van der Waals surface area contributed by atoms with Crippen LogP contribution < -0.4 is 0 Å². The molecule has 4 nitrogen and oxygen atoms in total. The molecule has 0 unspecified atom stereocenters. The summed E-state index contributed by atoms with van der Waals surface area (Å²) in [6.07, 6.45) is 5.13. The molecule has 0 atom stereocenters. The molecule has 0 bridgehead atoms. The lowest BCUT2D eigenvalue weighted by atomic mass is 9.90. The van der Waals surface area contributed by atoms with Crippen molar-refractivity contribution >= 4 is 0 Å². The summed E-state index contributed by atoms with van der Waals surface area (Å²) in [7, 11) is 0. The molecule has 1 aliphatic heterocycles. The molecular formula is C18H24FN3O. The van der Waals surface area contributed by atoms with Gasteiger partial charge in [0.2, 0.25) is 5.89 Å². The van der Waals surface area contributed by atoms with Gasteiger partial charge in [0.15, 0.2) is 5.82 Å². The SMILES string of the molecule is CCCc1noc(CN2CCC(Cc3cccc(F)c3)CC2)n1. The molecule has 0 spiro atoms. The van der Waals surface area contributed by atoms with Crippen LogP contribution in [0.4, 0.5) is 4.39 Å². The van der Waals surface area contributed by atoms with Gasteiger partial charge in [-0.3, -0.25) is 4.90 Å². The van der Waals surface area contributed by atoms with Crippen molar-refractivity contribution in [1.82, 2.24) is 15.0 Å². The minimum absolute atomic E-state index is 0.140. The van der Waals surface area contributed by atoms with E-state index in [4.69, 9.17) is 4.52 Å². The van der Waals surface area contributed by atoms with Gasteiger partial charge in [-0.1, -0.05) is 24.2 Å². The second kappa shape index (κ2) is 7.68. The number of rotatable bonds is 6. The molecule has 1 aromatic carbocycles. The van der Waals surface area contributed by atoms with Gasteiger partial charge in [-0.25, -0.2) is 4.39 Å². The number of nitrogens with zero attached hydrogens (tertiary/aromatic N) is 3. The Kier molecular flexibility index (Phi) is 5.39. The maximum Gasteiger partial charge on any atom is 0.240 e. The van der Waals surface area contributed by atoms with Gasteiger partial charge in [-0.05, 0) is 62.4 Å². The molecule has 2 aromatic rings. The maximum atomic E-state index is 13.3. The first-order valence-corrected chi connectivity index (χ1v) is 8.51. The normalized spacial score (nSPS) is 16.8. The summed E-state index contributed by atoms with van der Waals surface area (Å²) >= 11 is 0. The molecule has 1 fully saturated rings. The quantitative estimate of drug-likeness (QED) is 0.816. The van der Waals surface area contributed by atoms with Gasteiger partial charge in [-0.2, -0.15) is 4.98 Å². The monoisotopic (exact) mass is 317 g/mol. The van der Waals surface area contributed by atoms with E-state index in [0.717, 1.165) is 69.0 Å². The van der Waals surface area contributed by atoms with E-state index in [0.29, 0.717) is 5.92 Å². The topological polar surface area (TPSA) is 42.2 Å². The van der Waals surface area contributed by atoms with Gasteiger partial charge in [0, 0.05) is 6.42 Å². The van der Waals surface area contributed by atoms with E-state index in [9.17, 15) is 4.39 Å². The van der Waals surface area contributed by atoms with Gasteiger partial charge in [0.05, 0.1) is 6.54 Å². The molecule has 0 N–H and O–H groups in total. The van der Waals surface area contributed by atoms with Crippen LogP contribution in [0.5, 0.6) is 0 Å². The van der Waals surface area contributed by atoms with E-state index < -0.39 is 0 Å². The number of halogens is 1. The maximum absolute atomic E-state index is 13.3. The molecule has 5 heteroatoms. The van der Waals surface area contributed by atoms with Crippen LogP contribution in [-0.4, -0.2) is 28.1 Å². The number of hydrogen-bond donors (Lipinski definition) is 0. The van der Waals surface area contributed by atoms with Crippen LogP contribution in [0.3, 0.4) is 0 Å². The lowest BCUT2D eigenvalue weighted by Gasteiger charge is -2.31. The third-order valence-corrected chi connectivity index (χ3v) is 4.46. The molecule has 0 amide bonds. The smallest absolute Gasteiger partial charge is 0.240 e. The predicted molar refractivity (Wildman–Crippen MR) is 86.4 cm³/mol. The molecule has 2 heterocycles. The number of likely N-dealkylation sites (tertiary alicyclic amines) is 1. The first-order chi connectivity index (χ1) is 11.2. The van der Waals surface area contributed by atoms with E-state index >= 15 is 0 Å². The van der Waals surface area contributed by atoms with Gasteiger partial charge in [-0.15, -0.1) is 0 Å². The summed E-state index contributed by atoms with van der Waals surface area (Å²) < 4.78 is 18.6. The van der Waals surface area contributed by atoms with Gasteiger partial charge >= 0.3 is 0 Å². The molecule has 23 heavy (non-hydrogen) atoms. The van der Waals surface area contributed by atoms with Crippen LogP contribution in [0.1, 0.15) is 43.5 Å². The number of benzene rings is 1. The van der Waals surface area contributed by atoms with Crippen molar-refractivity contribution in [2.45, 2.75) is 45.6 Å². The summed E-state index contributed by atoms with van der Waals surface area (Å²) in [6, 6.07) is 6.97. The largest absolute Gasteiger partial charge is 0.338 e. The summed E-state index contributed by atoms with van der Waals surface area (Å²) in [5.74, 6) is 2.02. The Morgan fingerprint density at radius 3 is 2.87 bits per heavy atom. The highest BCUT2D eigenvalue weighted by atomic mass is 19.1. The van der Waals surface area contributed by atoms with Crippen molar-refractivity contribution in [1.29, 1.82) is 0 Å². The lowest BCUT2D eigenvalue weighted by molar-refractivity contribution is 0.158. The Morgan fingerprint density at radius 2 is 2.13 bits per heavy atom. The molecule has 0 radical (unpaired) electrons. The molecule has 0 aliphatic carbocycles. The van der Waals surface area contributed by atoms with E-state index in [1.807, 2.05) is 6.07 Å². The molecule has 3 rings (SSSR count). The fourth-order valence-electron chi connectivity index (χ4n) is 3.22. The van der Waals surface area contributed by atoms with Crippen molar-refractivity contribution in [3.05, 3.63) is 47.4 Å². The molecular weight excluding hydrogens is 293 g/mol. The molecule has 1 saturated heterocycles. The van der Waals surface area contributed by atoms with E-state index in [1.54, 1.807) is 12.1 Å². The first kappa shape index (κ1) is 16.1. The van der Waals surface area contributed by atoms with Crippen molar-refractivity contribution < 1.29 is 8.91 Å². The fraction of sp³-hybridized carbons (Fsp3) is 0.556. The van der Waals surface area contributed by atoms with E-state index in [2.05, 4.69) is 22.0 Å². The Morgan fingerprint density at radius 1 is 1.30 bits per heavy atom. The number of aromatic nitrogens is 2. The molecule has 1 aromatic heterocycles. The second-order valence-electron chi connectivity index (χ2n) is 6.41. The Bertz CT molecular complexity index is 620. The third kappa shape index (κ3) is 4.61. The van der Waals surface area contributed by atoms with Crippen LogP contribution in [0.2, 0.25) is 0 Å². The Balaban J connectivity index is 1.46. The van der Waals surface area contributed by atoms with Gasteiger partial charge < -0.3 is 4.52 Å².